The molecule has 1 aromatic carbocycles. The Hall–Kier alpha value is -2.66. The number of pyridine rings is 1. The highest BCUT2D eigenvalue weighted by Crippen LogP contribution is 2.36. The van der Waals surface area contributed by atoms with Gasteiger partial charge in [-0.1, -0.05) is 6.07 Å². The molecule has 0 aliphatic carbocycles. The summed E-state index contributed by atoms with van der Waals surface area (Å²) in [4.78, 5) is 6.13. The van der Waals surface area contributed by atoms with Gasteiger partial charge in [-0.05, 0) is 42.5 Å². The molecule has 6 nitrogen and oxygen atoms in total. The number of benzene rings is 1. The summed E-state index contributed by atoms with van der Waals surface area (Å²) in [5.74, 6) is 0.443. The lowest BCUT2D eigenvalue weighted by atomic mass is 9.89. The normalized spacial score (nSPS) is 19.5. The number of hydrogen-bond acceptors (Lipinski definition) is 6. The van der Waals surface area contributed by atoms with Crippen LogP contribution in [0.15, 0.2) is 30.5 Å². The second kappa shape index (κ2) is 7.64. The largest absolute Gasteiger partial charge is 0.488 e. The number of nitriles is 1. The van der Waals surface area contributed by atoms with E-state index in [1.807, 2.05) is 6.07 Å². The van der Waals surface area contributed by atoms with E-state index in [0.29, 0.717) is 22.7 Å². The van der Waals surface area contributed by atoms with Gasteiger partial charge in [-0.2, -0.15) is 5.26 Å². The fourth-order valence-electron chi connectivity index (χ4n) is 4.11. The fourth-order valence-corrected chi connectivity index (χ4v) is 4.90. The number of aromatic nitrogens is 1. The second-order valence-electron chi connectivity index (χ2n) is 7.85. The minimum Gasteiger partial charge on any atom is -0.488 e. The van der Waals surface area contributed by atoms with Gasteiger partial charge in [0.05, 0.1) is 17.6 Å². The average molecular weight is 415 g/mol. The van der Waals surface area contributed by atoms with Crippen molar-refractivity contribution in [1.29, 1.82) is 5.26 Å². The Balaban J connectivity index is 1.50. The summed E-state index contributed by atoms with van der Waals surface area (Å²) >= 11 is 0. The van der Waals surface area contributed by atoms with E-state index in [4.69, 9.17) is 10.00 Å². The number of ether oxygens (including phenoxy) is 1. The standard InChI is InChI=1S/C21H22FN3O3S/c1-29(26,27)12-14-2-3-17(18(22)8-14)19-9-16-10-20(28-21(16)11-24-19)15-4-6-25(13-23)7-5-15/h2-3,8-9,11,15,20H,4-7,10,12H2,1H3. The Morgan fingerprint density at radius 1 is 1.31 bits per heavy atom. The molecule has 2 aliphatic rings. The lowest BCUT2D eigenvalue weighted by molar-refractivity contribution is 0.110. The zero-order chi connectivity index (χ0) is 20.6. The van der Waals surface area contributed by atoms with Crippen LogP contribution in [0, 0.1) is 23.2 Å². The third kappa shape index (κ3) is 4.35. The van der Waals surface area contributed by atoms with E-state index in [-0.39, 0.29) is 11.9 Å². The van der Waals surface area contributed by atoms with Gasteiger partial charge >= 0.3 is 0 Å². The molecular formula is C21H22FN3O3S. The molecule has 0 spiro atoms. The Labute approximate surface area is 169 Å². The summed E-state index contributed by atoms with van der Waals surface area (Å²) in [6, 6.07) is 6.31. The first kappa shape index (κ1) is 19.6. The Bertz CT molecular complexity index is 1070. The van der Waals surface area contributed by atoms with Gasteiger partial charge in [0.1, 0.15) is 17.7 Å². The van der Waals surface area contributed by atoms with E-state index in [9.17, 15) is 12.8 Å². The third-order valence-electron chi connectivity index (χ3n) is 5.59. The molecule has 1 saturated heterocycles. The number of rotatable bonds is 4. The van der Waals surface area contributed by atoms with Crippen LogP contribution in [0.1, 0.15) is 24.0 Å². The third-order valence-corrected chi connectivity index (χ3v) is 6.45. The first-order valence-electron chi connectivity index (χ1n) is 9.59. The van der Waals surface area contributed by atoms with Crippen molar-refractivity contribution in [2.75, 3.05) is 19.3 Å². The van der Waals surface area contributed by atoms with Crippen molar-refractivity contribution in [3.8, 4) is 23.2 Å². The molecule has 0 radical (unpaired) electrons. The molecule has 3 heterocycles. The monoisotopic (exact) mass is 415 g/mol. The molecule has 0 amide bonds. The van der Waals surface area contributed by atoms with Crippen LogP contribution >= 0.6 is 0 Å². The van der Waals surface area contributed by atoms with Crippen molar-refractivity contribution >= 4 is 9.84 Å². The zero-order valence-electron chi connectivity index (χ0n) is 16.1. The van der Waals surface area contributed by atoms with Crippen molar-refractivity contribution in [3.05, 3.63) is 47.4 Å². The van der Waals surface area contributed by atoms with Crippen LogP contribution in [0.3, 0.4) is 0 Å². The molecular weight excluding hydrogens is 393 g/mol. The van der Waals surface area contributed by atoms with Crippen LogP contribution in [0.5, 0.6) is 5.75 Å². The topological polar surface area (TPSA) is 83.3 Å². The number of halogens is 1. The van der Waals surface area contributed by atoms with Crippen LogP contribution in [-0.4, -0.2) is 43.8 Å². The van der Waals surface area contributed by atoms with Gasteiger partial charge in [0, 0.05) is 36.9 Å². The van der Waals surface area contributed by atoms with E-state index in [0.717, 1.165) is 49.9 Å². The molecule has 1 unspecified atom stereocenters. The molecule has 0 bridgehead atoms. The van der Waals surface area contributed by atoms with Gasteiger partial charge in [-0.3, -0.25) is 4.98 Å². The molecule has 152 valence electrons. The molecule has 0 saturated carbocycles. The van der Waals surface area contributed by atoms with Gasteiger partial charge in [0.15, 0.2) is 16.0 Å². The van der Waals surface area contributed by atoms with Crippen LogP contribution in [-0.2, 0) is 22.0 Å². The molecule has 29 heavy (non-hydrogen) atoms. The molecule has 4 rings (SSSR count). The van der Waals surface area contributed by atoms with E-state index >= 15 is 0 Å². The molecule has 1 atom stereocenters. The molecule has 2 aliphatic heterocycles. The average Bonchev–Trinajstić information content (AvgIpc) is 3.10. The molecule has 8 heteroatoms. The number of nitrogens with zero attached hydrogens (tertiary/aromatic N) is 3. The van der Waals surface area contributed by atoms with Crippen LogP contribution in [0.2, 0.25) is 0 Å². The summed E-state index contributed by atoms with van der Waals surface area (Å²) in [5, 5.41) is 8.99. The lowest BCUT2D eigenvalue weighted by Gasteiger charge is -2.31. The second-order valence-corrected chi connectivity index (χ2v) is 9.99. The Morgan fingerprint density at radius 3 is 2.72 bits per heavy atom. The fraction of sp³-hybridized carbons (Fsp3) is 0.429. The molecule has 1 fully saturated rings. The maximum Gasteiger partial charge on any atom is 0.179 e. The summed E-state index contributed by atoms with van der Waals surface area (Å²) in [6.45, 7) is 1.51. The smallest absolute Gasteiger partial charge is 0.179 e. The van der Waals surface area contributed by atoms with E-state index < -0.39 is 15.7 Å². The number of sulfone groups is 1. The lowest BCUT2D eigenvalue weighted by Crippen LogP contribution is -2.36. The minimum absolute atomic E-state index is 0.0601. The Kier molecular flexibility index (Phi) is 5.17. The predicted octanol–water partition coefficient (Wildman–Crippen LogP) is 2.93. The highest BCUT2D eigenvalue weighted by molar-refractivity contribution is 7.89. The van der Waals surface area contributed by atoms with Crippen molar-refractivity contribution in [2.45, 2.75) is 31.1 Å². The quantitative estimate of drug-likeness (QED) is 0.714. The van der Waals surface area contributed by atoms with E-state index in [2.05, 4.69) is 11.2 Å². The minimum atomic E-state index is -3.22. The van der Waals surface area contributed by atoms with Crippen LogP contribution in [0.25, 0.3) is 11.3 Å². The van der Waals surface area contributed by atoms with Crippen LogP contribution in [0.4, 0.5) is 4.39 Å². The number of fused-ring (bicyclic) bond motifs is 1. The van der Waals surface area contributed by atoms with Crippen molar-refractivity contribution in [3.63, 3.8) is 0 Å². The summed E-state index contributed by atoms with van der Waals surface area (Å²) in [6.07, 6.45) is 7.60. The van der Waals surface area contributed by atoms with E-state index in [1.165, 1.54) is 6.07 Å². The van der Waals surface area contributed by atoms with E-state index in [1.54, 1.807) is 23.2 Å². The van der Waals surface area contributed by atoms with Gasteiger partial charge < -0.3 is 9.64 Å². The van der Waals surface area contributed by atoms with Crippen LogP contribution < -0.4 is 4.74 Å². The van der Waals surface area contributed by atoms with Gasteiger partial charge in [-0.15, -0.1) is 0 Å². The first-order valence-corrected chi connectivity index (χ1v) is 11.7. The van der Waals surface area contributed by atoms with Crippen molar-refractivity contribution in [1.82, 2.24) is 9.88 Å². The predicted molar refractivity (Wildman–Crippen MR) is 106 cm³/mol. The molecule has 1 aromatic heterocycles. The molecule has 0 N–H and O–H groups in total. The maximum atomic E-state index is 14.6. The van der Waals surface area contributed by atoms with Gasteiger partial charge in [0.25, 0.3) is 0 Å². The number of hydrogen-bond donors (Lipinski definition) is 0. The number of likely N-dealkylation sites (tertiary alicyclic amines) is 1. The van der Waals surface area contributed by atoms with Gasteiger partial charge in [0.2, 0.25) is 0 Å². The highest BCUT2D eigenvalue weighted by Gasteiger charge is 2.33. The Morgan fingerprint density at radius 2 is 2.07 bits per heavy atom. The van der Waals surface area contributed by atoms with Crippen molar-refractivity contribution < 1.29 is 17.5 Å². The zero-order valence-corrected chi connectivity index (χ0v) is 17.0. The molecule has 2 aromatic rings. The summed E-state index contributed by atoms with van der Waals surface area (Å²) in [7, 11) is -3.22. The first-order chi connectivity index (χ1) is 13.8. The SMILES string of the molecule is CS(=O)(=O)Cc1ccc(-c2cc3c(cn2)OC(C2CCN(C#N)CC2)C3)c(F)c1. The maximum absolute atomic E-state index is 14.6. The summed E-state index contributed by atoms with van der Waals surface area (Å²) in [5.41, 5.74) is 2.27. The van der Waals surface area contributed by atoms with Crippen molar-refractivity contribution in [2.24, 2.45) is 5.92 Å². The van der Waals surface area contributed by atoms with Gasteiger partial charge in [-0.25, -0.2) is 12.8 Å². The number of piperidine rings is 1. The highest BCUT2D eigenvalue weighted by atomic mass is 32.2. The summed E-state index contributed by atoms with van der Waals surface area (Å²) < 4.78 is 43.5.